The predicted molar refractivity (Wildman–Crippen MR) is 72.8 cm³/mol. The molecule has 0 saturated heterocycles. The molecule has 0 bridgehead atoms. The molecular weight excluding hydrogens is 214 g/mol. The third kappa shape index (κ3) is 4.38. The smallest absolute Gasteiger partial charge is 0.0424 e. The first-order valence-corrected chi connectivity index (χ1v) is 6.79. The lowest BCUT2D eigenvalue weighted by molar-refractivity contribution is 0.512. The number of hydrogen-bond donors (Lipinski definition) is 1. The molecule has 16 heavy (non-hydrogen) atoms. The molecule has 0 amide bonds. The van der Waals surface area contributed by atoms with Gasteiger partial charge in [-0.3, -0.25) is 0 Å². The van der Waals surface area contributed by atoms with Gasteiger partial charge in [-0.2, -0.15) is 0 Å². The molecule has 0 radical (unpaired) electrons. The Labute approximate surface area is 103 Å². The van der Waals surface area contributed by atoms with Crippen molar-refractivity contribution in [3.8, 4) is 11.8 Å². The number of rotatable bonds is 6. The summed E-state index contributed by atoms with van der Waals surface area (Å²) in [5.74, 6) is 6.11. The maximum Gasteiger partial charge on any atom is 0.0424 e. The topological polar surface area (TPSA) is 12.0 Å². The second-order valence-electron chi connectivity index (χ2n) is 3.92. The Morgan fingerprint density at radius 3 is 2.81 bits per heavy atom. The lowest BCUT2D eigenvalue weighted by Crippen LogP contribution is -2.21. The minimum absolute atomic E-state index is 0.486. The van der Waals surface area contributed by atoms with Gasteiger partial charge in [0, 0.05) is 22.2 Å². The highest BCUT2D eigenvalue weighted by Crippen LogP contribution is 2.25. The molecule has 1 aromatic rings. The number of aryl methyl sites for hydroxylation is 1. The van der Waals surface area contributed by atoms with Crippen molar-refractivity contribution in [2.24, 2.45) is 0 Å². The average molecular weight is 235 g/mol. The predicted octanol–water partition coefficient (Wildman–Crippen LogP) is 3.90. The summed E-state index contributed by atoms with van der Waals surface area (Å²) in [6, 6.07) is 4.93. The molecule has 1 rings (SSSR count). The lowest BCUT2D eigenvalue weighted by atomic mass is 10.1. The summed E-state index contributed by atoms with van der Waals surface area (Å²) in [4.78, 5) is 2.84. The lowest BCUT2D eigenvalue weighted by Gasteiger charge is -2.15. The van der Waals surface area contributed by atoms with Gasteiger partial charge < -0.3 is 5.32 Å². The molecule has 1 nitrogen and oxygen atoms in total. The largest absolute Gasteiger partial charge is 0.309 e. The van der Waals surface area contributed by atoms with E-state index >= 15 is 0 Å². The molecule has 0 aliphatic carbocycles. The van der Waals surface area contributed by atoms with Gasteiger partial charge in [-0.15, -0.1) is 23.2 Å². The van der Waals surface area contributed by atoms with Crippen LogP contribution in [0.3, 0.4) is 0 Å². The molecule has 1 heterocycles. The number of hydrogen-bond acceptors (Lipinski definition) is 2. The Balaban J connectivity index is 2.57. The van der Waals surface area contributed by atoms with Gasteiger partial charge in [-0.05, 0) is 45.4 Å². The fraction of sp³-hybridized carbons (Fsp3) is 0.571. The van der Waals surface area contributed by atoms with Crippen molar-refractivity contribution in [1.82, 2.24) is 5.32 Å². The van der Waals surface area contributed by atoms with E-state index in [4.69, 9.17) is 0 Å². The minimum atomic E-state index is 0.486. The molecule has 0 fully saturated rings. The number of nitrogens with one attached hydrogen (secondary N) is 1. The van der Waals surface area contributed by atoms with Crippen LogP contribution in [0.25, 0.3) is 0 Å². The van der Waals surface area contributed by atoms with E-state index in [0.29, 0.717) is 6.04 Å². The standard InChI is InChI=1S/C14H21NS/c1-4-6-7-8-13(15-11-5-2)14-10-9-12(3)16-14/h9-10,13,15H,5,7-8,11H2,1-3H3. The zero-order chi connectivity index (χ0) is 11.8. The van der Waals surface area contributed by atoms with Crippen LogP contribution in [0, 0.1) is 18.8 Å². The van der Waals surface area contributed by atoms with Crippen LogP contribution in [-0.4, -0.2) is 6.54 Å². The van der Waals surface area contributed by atoms with E-state index in [1.807, 2.05) is 18.3 Å². The van der Waals surface area contributed by atoms with E-state index < -0.39 is 0 Å². The fourth-order valence-corrected chi connectivity index (χ4v) is 2.63. The van der Waals surface area contributed by atoms with Crippen molar-refractivity contribution in [1.29, 1.82) is 0 Å². The van der Waals surface area contributed by atoms with E-state index in [1.54, 1.807) is 0 Å². The second-order valence-corrected chi connectivity index (χ2v) is 5.24. The van der Waals surface area contributed by atoms with Crippen LogP contribution >= 0.6 is 11.3 Å². The summed E-state index contributed by atoms with van der Waals surface area (Å²) in [6.45, 7) is 7.36. The van der Waals surface area contributed by atoms with Crippen LogP contribution in [0.1, 0.15) is 48.9 Å². The third-order valence-electron chi connectivity index (χ3n) is 2.48. The van der Waals surface area contributed by atoms with Crippen molar-refractivity contribution >= 4 is 11.3 Å². The van der Waals surface area contributed by atoms with Gasteiger partial charge in [0.1, 0.15) is 0 Å². The quantitative estimate of drug-likeness (QED) is 0.737. The molecule has 88 valence electrons. The Bertz CT molecular complexity index is 356. The Morgan fingerprint density at radius 2 is 2.25 bits per heavy atom. The summed E-state index contributed by atoms with van der Waals surface area (Å²) >= 11 is 1.89. The van der Waals surface area contributed by atoms with Gasteiger partial charge in [-0.1, -0.05) is 6.92 Å². The van der Waals surface area contributed by atoms with E-state index in [9.17, 15) is 0 Å². The molecule has 1 aromatic heterocycles. The molecule has 1 atom stereocenters. The van der Waals surface area contributed by atoms with Crippen LogP contribution in [-0.2, 0) is 0 Å². The molecule has 2 heteroatoms. The zero-order valence-corrected chi connectivity index (χ0v) is 11.3. The van der Waals surface area contributed by atoms with E-state index in [1.165, 1.54) is 16.2 Å². The third-order valence-corrected chi connectivity index (χ3v) is 3.59. The zero-order valence-electron chi connectivity index (χ0n) is 10.5. The molecule has 0 aliphatic heterocycles. The highest BCUT2D eigenvalue weighted by Gasteiger charge is 2.11. The Morgan fingerprint density at radius 1 is 1.44 bits per heavy atom. The minimum Gasteiger partial charge on any atom is -0.309 e. The van der Waals surface area contributed by atoms with E-state index in [2.05, 4.69) is 43.1 Å². The summed E-state index contributed by atoms with van der Waals surface area (Å²) < 4.78 is 0. The molecule has 0 saturated carbocycles. The summed E-state index contributed by atoms with van der Waals surface area (Å²) in [5, 5.41) is 3.60. The molecule has 0 aromatic carbocycles. The molecule has 1 N–H and O–H groups in total. The van der Waals surface area contributed by atoms with Crippen LogP contribution in [0.2, 0.25) is 0 Å². The van der Waals surface area contributed by atoms with Crippen molar-refractivity contribution in [3.05, 3.63) is 21.9 Å². The van der Waals surface area contributed by atoms with Crippen LogP contribution in [0.5, 0.6) is 0 Å². The van der Waals surface area contributed by atoms with Crippen molar-refractivity contribution in [3.63, 3.8) is 0 Å². The normalized spacial score (nSPS) is 11.9. The first-order chi connectivity index (χ1) is 7.77. The van der Waals surface area contributed by atoms with Crippen molar-refractivity contribution < 1.29 is 0 Å². The highest BCUT2D eigenvalue weighted by molar-refractivity contribution is 7.12. The van der Waals surface area contributed by atoms with Gasteiger partial charge in [0.2, 0.25) is 0 Å². The van der Waals surface area contributed by atoms with Gasteiger partial charge in [0.05, 0.1) is 0 Å². The van der Waals surface area contributed by atoms with Crippen molar-refractivity contribution in [2.45, 2.75) is 46.1 Å². The average Bonchev–Trinajstić information content (AvgIpc) is 2.70. The fourth-order valence-electron chi connectivity index (χ4n) is 1.65. The molecular formula is C14H21NS. The SMILES string of the molecule is CC#CCCC(NCCC)c1ccc(C)s1. The Hall–Kier alpha value is -0.780. The van der Waals surface area contributed by atoms with Crippen LogP contribution < -0.4 is 5.32 Å². The molecule has 1 unspecified atom stereocenters. The summed E-state index contributed by atoms with van der Waals surface area (Å²) in [6.07, 6.45) is 3.27. The van der Waals surface area contributed by atoms with Gasteiger partial charge in [0.15, 0.2) is 0 Å². The van der Waals surface area contributed by atoms with Gasteiger partial charge in [-0.25, -0.2) is 0 Å². The van der Waals surface area contributed by atoms with Gasteiger partial charge >= 0.3 is 0 Å². The molecule has 0 spiro atoms. The molecule has 0 aliphatic rings. The monoisotopic (exact) mass is 235 g/mol. The Kier molecular flexibility index (Phi) is 6.22. The van der Waals surface area contributed by atoms with Crippen molar-refractivity contribution in [2.75, 3.05) is 6.54 Å². The van der Waals surface area contributed by atoms with Gasteiger partial charge in [0.25, 0.3) is 0 Å². The second kappa shape index (κ2) is 7.49. The maximum atomic E-state index is 3.60. The number of thiophene rings is 1. The summed E-state index contributed by atoms with van der Waals surface area (Å²) in [5.41, 5.74) is 0. The highest BCUT2D eigenvalue weighted by atomic mass is 32.1. The van der Waals surface area contributed by atoms with E-state index in [0.717, 1.165) is 19.4 Å². The maximum absolute atomic E-state index is 3.60. The first kappa shape index (κ1) is 13.3. The van der Waals surface area contributed by atoms with Crippen LogP contribution in [0.4, 0.5) is 0 Å². The first-order valence-electron chi connectivity index (χ1n) is 5.97. The summed E-state index contributed by atoms with van der Waals surface area (Å²) in [7, 11) is 0. The van der Waals surface area contributed by atoms with Crippen LogP contribution in [0.15, 0.2) is 12.1 Å². The van der Waals surface area contributed by atoms with E-state index in [-0.39, 0.29) is 0 Å².